The summed E-state index contributed by atoms with van der Waals surface area (Å²) in [6.07, 6.45) is 0. The summed E-state index contributed by atoms with van der Waals surface area (Å²) in [5.74, 6) is 0. The maximum absolute atomic E-state index is 2.35. The molecule has 0 fully saturated rings. The Morgan fingerprint density at radius 1 is 0.857 bits per heavy atom. The highest BCUT2D eigenvalue weighted by molar-refractivity contribution is 6.52. The maximum atomic E-state index is 2.35. The van der Waals surface area contributed by atoms with E-state index in [0.29, 0.717) is 0 Å². The molecule has 0 aromatic heterocycles. The standard InChI is InChI=1S/C20H18B/c1-20(2)17-11-8-13-6-4-5-7-15(13)19(17)16-10-9-14(21-3)12-18(16)20/h4-12H,1-3H3. The van der Waals surface area contributed by atoms with Crippen molar-refractivity contribution >= 4 is 23.5 Å². The summed E-state index contributed by atoms with van der Waals surface area (Å²) < 4.78 is 0. The van der Waals surface area contributed by atoms with Crippen LogP contribution < -0.4 is 5.46 Å². The first kappa shape index (κ1) is 12.7. The van der Waals surface area contributed by atoms with E-state index in [1.807, 2.05) is 0 Å². The lowest BCUT2D eigenvalue weighted by molar-refractivity contribution is 0.661. The number of rotatable bonds is 1. The monoisotopic (exact) mass is 269 g/mol. The van der Waals surface area contributed by atoms with Crippen LogP contribution in [0.1, 0.15) is 25.0 Å². The van der Waals surface area contributed by atoms with E-state index >= 15 is 0 Å². The molecule has 0 saturated carbocycles. The molecule has 101 valence electrons. The van der Waals surface area contributed by atoms with Gasteiger partial charge in [-0.05, 0) is 33.0 Å². The molecule has 1 radical (unpaired) electrons. The zero-order valence-electron chi connectivity index (χ0n) is 12.8. The topological polar surface area (TPSA) is 0 Å². The van der Waals surface area contributed by atoms with Gasteiger partial charge in [0.1, 0.15) is 7.28 Å². The van der Waals surface area contributed by atoms with Crippen molar-refractivity contribution in [1.82, 2.24) is 0 Å². The Labute approximate surface area is 127 Å². The molecule has 0 aliphatic heterocycles. The van der Waals surface area contributed by atoms with Gasteiger partial charge < -0.3 is 0 Å². The van der Waals surface area contributed by atoms with E-state index in [9.17, 15) is 0 Å². The third kappa shape index (κ3) is 1.64. The van der Waals surface area contributed by atoms with E-state index < -0.39 is 0 Å². The smallest absolute Gasteiger partial charge is 0.0878 e. The number of benzene rings is 3. The van der Waals surface area contributed by atoms with Crippen molar-refractivity contribution in [2.75, 3.05) is 0 Å². The van der Waals surface area contributed by atoms with Crippen LogP contribution in [-0.2, 0) is 5.41 Å². The molecular weight excluding hydrogens is 251 g/mol. The molecule has 0 saturated heterocycles. The van der Waals surface area contributed by atoms with Crippen LogP contribution in [-0.4, -0.2) is 7.28 Å². The van der Waals surface area contributed by atoms with Gasteiger partial charge in [0.05, 0.1) is 0 Å². The number of hydrogen-bond donors (Lipinski definition) is 0. The van der Waals surface area contributed by atoms with Gasteiger partial charge in [-0.15, -0.1) is 0 Å². The highest BCUT2D eigenvalue weighted by Crippen LogP contribution is 2.50. The minimum absolute atomic E-state index is 0.0771. The zero-order valence-corrected chi connectivity index (χ0v) is 12.8. The van der Waals surface area contributed by atoms with Crippen molar-refractivity contribution in [2.24, 2.45) is 0 Å². The molecule has 1 aliphatic rings. The zero-order chi connectivity index (χ0) is 14.6. The normalized spacial score (nSPS) is 14.8. The minimum atomic E-state index is 0.0771. The molecule has 1 aliphatic carbocycles. The lowest BCUT2D eigenvalue weighted by Gasteiger charge is -2.22. The average molecular weight is 269 g/mol. The Hall–Kier alpha value is -2.02. The predicted molar refractivity (Wildman–Crippen MR) is 92.8 cm³/mol. The van der Waals surface area contributed by atoms with E-state index in [2.05, 4.69) is 82.5 Å². The summed E-state index contributed by atoms with van der Waals surface area (Å²) in [7, 11) is 2.18. The molecule has 0 nitrogen and oxygen atoms in total. The van der Waals surface area contributed by atoms with Gasteiger partial charge >= 0.3 is 0 Å². The fraction of sp³-hybridized carbons (Fsp3) is 0.200. The summed E-state index contributed by atoms with van der Waals surface area (Å²) >= 11 is 0. The summed E-state index contributed by atoms with van der Waals surface area (Å²) in [4.78, 5) is 0. The molecule has 0 spiro atoms. The minimum Gasteiger partial charge on any atom is -0.0878 e. The SMILES string of the molecule is C[B]c1ccc2c(c1)C(C)(C)c1ccc3ccccc3c1-2. The van der Waals surface area contributed by atoms with Gasteiger partial charge in [-0.1, -0.05) is 80.7 Å². The maximum Gasteiger partial charge on any atom is 0.148 e. The lowest BCUT2D eigenvalue weighted by Crippen LogP contribution is -2.19. The van der Waals surface area contributed by atoms with Crippen LogP contribution in [0.15, 0.2) is 54.6 Å². The van der Waals surface area contributed by atoms with Gasteiger partial charge in [0.25, 0.3) is 0 Å². The van der Waals surface area contributed by atoms with Gasteiger partial charge in [-0.3, -0.25) is 0 Å². The fourth-order valence-corrected chi connectivity index (χ4v) is 3.70. The van der Waals surface area contributed by atoms with Crippen molar-refractivity contribution in [2.45, 2.75) is 26.1 Å². The quantitative estimate of drug-likeness (QED) is 0.569. The summed E-state index contributed by atoms with van der Waals surface area (Å²) in [5, 5.41) is 2.70. The Bertz CT molecular complexity index is 859. The van der Waals surface area contributed by atoms with Crippen LogP contribution >= 0.6 is 0 Å². The summed E-state index contributed by atoms with van der Waals surface area (Å²) in [6, 6.07) is 20.2. The van der Waals surface area contributed by atoms with Crippen LogP contribution in [0.25, 0.3) is 21.9 Å². The van der Waals surface area contributed by atoms with Crippen molar-refractivity contribution in [1.29, 1.82) is 0 Å². The Balaban J connectivity index is 2.13. The van der Waals surface area contributed by atoms with Crippen molar-refractivity contribution in [3.63, 3.8) is 0 Å². The Kier molecular flexibility index (Phi) is 2.56. The van der Waals surface area contributed by atoms with Gasteiger partial charge in [-0.2, -0.15) is 0 Å². The first-order valence-electron chi connectivity index (χ1n) is 7.59. The molecule has 3 aromatic carbocycles. The van der Waals surface area contributed by atoms with Gasteiger partial charge in [-0.25, -0.2) is 0 Å². The van der Waals surface area contributed by atoms with E-state index in [1.165, 1.54) is 38.5 Å². The second-order valence-corrected chi connectivity index (χ2v) is 6.43. The van der Waals surface area contributed by atoms with Gasteiger partial charge in [0.2, 0.25) is 0 Å². The largest absolute Gasteiger partial charge is 0.148 e. The summed E-state index contributed by atoms with van der Waals surface area (Å²) in [5.41, 5.74) is 7.11. The lowest BCUT2D eigenvalue weighted by atomic mass is 9.71. The molecule has 3 aromatic rings. The molecule has 4 rings (SSSR count). The first-order chi connectivity index (χ1) is 10.1. The highest BCUT2D eigenvalue weighted by Gasteiger charge is 2.36. The Morgan fingerprint density at radius 2 is 1.67 bits per heavy atom. The first-order valence-corrected chi connectivity index (χ1v) is 7.59. The highest BCUT2D eigenvalue weighted by atomic mass is 14.4. The second kappa shape index (κ2) is 4.24. The van der Waals surface area contributed by atoms with E-state index in [4.69, 9.17) is 0 Å². The third-order valence-electron chi connectivity index (χ3n) is 4.92. The molecule has 21 heavy (non-hydrogen) atoms. The molecule has 1 heteroatoms. The Morgan fingerprint density at radius 3 is 2.48 bits per heavy atom. The number of hydrogen-bond acceptors (Lipinski definition) is 0. The molecule has 0 unspecified atom stereocenters. The van der Waals surface area contributed by atoms with Crippen LogP contribution in [0.2, 0.25) is 6.82 Å². The van der Waals surface area contributed by atoms with Gasteiger partial charge in [0, 0.05) is 5.41 Å². The third-order valence-corrected chi connectivity index (χ3v) is 4.92. The van der Waals surface area contributed by atoms with E-state index in [1.54, 1.807) is 0 Å². The molecule has 0 N–H and O–H groups in total. The summed E-state index contributed by atoms with van der Waals surface area (Å²) in [6.45, 7) is 6.78. The van der Waals surface area contributed by atoms with Crippen LogP contribution in [0.3, 0.4) is 0 Å². The average Bonchev–Trinajstić information content (AvgIpc) is 2.75. The molecular formula is C20H18B. The van der Waals surface area contributed by atoms with Crippen molar-refractivity contribution < 1.29 is 0 Å². The molecule has 0 amide bonds. The molecule has 0 bridgehead atoms. The van der Waals surface area contributed by atoms with E-state index in [-0.39, 0.29) is 5.41 Å². The van der Waals surface area contributed by atoms with E-state index in [0.717, 1.165) is 0 Å². The number of fused-ring (bicyclic) bond motifs is 5. The van der Waals surface area contributed by atoms with Crippen LogP contribution in [0.5, 0.6) is 0 Å². The predicted octanol–water partition coefficient (Wildman–Crippen LogP) is 4.52. The molecule has 0 atom stereocenters. The van der Waals surface area contributed by atoms with Crippen LogP contribution in [0, 0.1) is 0 Å². The van der Waals surface area contributed by atoms with Crippen LogP contribution in [0.4, 0.5) is 0 Å². The molecule has 0 heterocycles. The van der Waals surface area contributed by atoms with Gasteiger partial charge in [0.15, 0.2) is 0 Å². The van der Waals surface area contributed by atoms with Crippen molar-refractivity contribution in [3.05, 3.63) is 65.7 Å². The van der Waals surface area contributed by atoms with Crippen molar-refractivity contribution in [3.8, 4) is 11.1 Å². The second-order valence-electron chi connectivity index (χ2n) is 6.43. The fourth-order valence-electron chi connectivity index (χ4n) is 3.70.